The van der Waals surface area contributed by atoms with Crippen molar-refractivity contribution >= 4 is 33.3 Å². The lowest BCUT2D eigenvalue weighted by molar-refractivity contribution is 0.102. The van der Waals surface area contributed by atoms with Crippen molar-refractivity contribution in [3.63, 3.8) is 0 Å². The number of hydrogen-bond acceptors (Lipinski definition) is 3. The molecule has 0 aliphatic heterocycles. The second-order valence-electron chi connectivity index (χ2n) is 4.18. The number of rotatable bonds is 3. The van der Waals surface area contributed by atoms with Crippen LogP contribution in [0, 0.1) is 12.7 Å². The van der Waals surface area contributed by atoms with Gasteiger partial charge in [-0.15, -0.1) is 0 Å². The van der Waals surface area contributed by atoms with Crippen molar-refractivity contribution in [2.24, 2.45) is 0 Å². The highest BCUT2D eigenvalue weighted by molar-refractivity contribution is 9.10. The number of carbonyl (C=O) groups excluding carboxylic acids is 1. The van der Waals surface area contributed by atoms with Crippen LogP contribution in [-0.2, 0) is 0 Å². The predicted molar refractivity (Wildman–Crippen MR) is 80.6 cm³/mol. The number of halogens is 2. The first kappa shape index (κ1) is 14.5. The first-order chi connectivity index (χ1) is 9.52. The molecule has 1 aromatic heterocycles. The standard InChI is InChI=1S/C14H13BrFN3O/c1-8-6-10(15)11(16)7-12(8)19-14(20)9-4-3-5-18-13(9)17-2/h3-7H,1-2H3,(H,17,18)(H,19,20). The fourth-order valence-corrected chi connectivity index (χ4v) is 2.22. The van der Waals surface area contributed by atoms with Crippen LogP contribution in [0.25, 0.3) is 0 Å². The van der Waals surface area contributed by atoms with Gasteiger partial charge in [0.25, 0.3) is 5.91 Å². The molecule has 1 aromatic carbocycles. The smallest absolute Gasteiger partial charge is 0.259 e. The van der Waals surface area contributed by atoms with Gasteiger partial charge in [-0.2, -0.15) is 0 Å². The van der Waals surface area contributed by atoms with E-state index in [2.05, 4.69) is 31.5 Å². The third-order valence-electron chi connectivity index (χ3n) is 2.80. The number of carbonyl (C=O) groups is 1. The number of anilines is 2. The second kappa shape index (κ2) is 6.00. The summed E-state index contributed by atoms with van der Waals surface area (Å²) in [4.78, 5) is 16.3. The van der Waals surface area contributed by atoms with E-state index in [-0.39, 0.29) is 5.91 Å². The van der Waals surface area contributed by atoms with Crippen molar-refractivity contribution in [2.45, 2.75) is 6.92 Å². The fraction of sp³-hybridized carbons (Fsp3) is 0.143. The summed E-state index contributed by atoms with van der Waals surface area (Å²) in [5.74, 6) is -0.293. The Morgan fingerprint density at radius 1 is 1.40 bits per heavy atom. The molecule has 0 atom stereocenters. The number of aromatic nitrogens is 1. The van der Waals surface area contributed by atoms with Crippen LogP contribution < -0.4 is 10.6 Å². The topological polar surface area (TPSA) is 54.0 Å². The Labute approximate surface area is 124 Å². The van der Waals surface area contributed by atoms with Crippen LogP contribution in [-0.4, -0.2) is 17.9 Å². The van der Waals surface area contributed by atoms with Gasteiger partial charge in [0.15, 0.2) is 0 Å². The monoisotopic (exact) mass is 337 g/mol. The lowest BCUT2D eigenvalue weighted by Gasteiger charge is -2.11. The Hall–Kier alpha value is -1.95. The Kier molecular flexibility index (Phi) is 4.34. The third-order valence-corrected chi connectivity index (χ3v) is 3.41. The molecule has 104 valence electrons. The van der Waals surface area contributed by atoms with E-state index in [0.717, 1.165) is 5.56 Å². The molecule has 0 radical (unpaired) electrons. The van der Waals surface area contributed by atoms with E-state index >= 15 is 0 Å². The first-order valence-electron chi connectivity index (χ1n) is 5.92. The van der Waals surface area contributed by atoms with Crippen LogP contribution in [0.3, 0.4) is 0 Å². The van der Waals surface area contributed by atoms with Gasteiger partial charge in [0, 0.05) is 18.9 Å². The minimum Gasteiger partial charge on any atom is -0.372 e. The van der Waals surface area contributed by atoms with Crippen molar-refractivity contribution in [2.75, 3.05) is 17.7 Å². The van der Waals surface area contributed by atoms with E-state index in [4.69, 9.17) is 0 Å². The molecule has 2 N–H and O–H groups in total. The largest absolute Gasteiger partial charge is 0.372 e. The maximum atomic E-state index is 13.5. The number of nitrogens with zero attached hydrogens (tertiary/aromatic N) is 1. The zero-order valence-electron chi connectivity index (χ0n) is 11.0. The number of nitrogens with one attached hydrogen (secondary N) is 2. The van der Waals surface area contributed by atoms with E-state index in [1.807, 2.05) is 0 Å². The van der Waals surface area contributed by atoms with E-state index in [1.165, 1.54) is 6.07 Å². The summed E-state index contributed by atoms with van der Waals surface area (Å²) in [6, 6.07) is 6.23. The average Bonchev–Trinajstić information content (AvgIpc) is 2.44. The van der Waals surface area contributed by atoms with Gasteiger partial charge in [0.1, 0.15) is 11.6 Å². The van der Waals surface area contributed by atoms with Gasteiger partial charge in [-0.25, -0.2) is 9.37 Å². The van der Waals surface area contributed by atoms with Crippen LogP contribution in [0.15, 0.2) is 34.9 Å². The van der Waals surface area contributed by atoms with Crippen molar-refractivity contribution in [3.8, 4) is 0 Å². The number of aryl methyl sites for hydroxylation is 1. The zero-order chi connectivity index (χ0) is 14.7. The average molecular weight is 338 g/mol. The van der Waals surface area contributed by atoms with E-state index < -0.39 is 5.82 Å². The molecule has 1 amide bonds. The summed E-state index contributed by atoms with van der Waals surface area (Å²) in [7, 11) is 1.68. The highest BCUT2D eigenvalue weighted by Crippen LogP contribution is 2.24. The first-order valence-corrected chi connectivity index (χ1v) is 6.72. The number of benzene rings is 1. The van der Waals surface area contributed by atoms with Crippen molar-refractivity contribution in [1.29, 1.82) is 0 Å². The summed E-state index contributed by atoms with van der Waals surface area (Å²) in [5, 5.41) is 5.53. The van der Waals surface area contributed by atoms with Gasteiger partial charge < -0.3 is 10.6 Å². The van der Waals surface area contributed by atoms with Gasteiger partial charge in [-0.3, -0.25) is 4.79 Å². The maximum absolute atomic E-state index is 13.5. The Morgan fingerprint density at radius 2 is 2.15 bits per heavy atom. The molecule has 0 spiro atoms. The van der Waals surface area contributed by atoms with Crippen molar-refractivity contribution < 1.29 is 9.18 Å². The second-order valence-corrected chi connectivity index (χ2v) is 5.04. The summed E-state index contributed by atoms with van der Waals surface area (Å²) in [6.07, 6.45) is 1.59. The zero-order valence-corrected chi connectivity index (χ0v) is 12.6. The molecule has 0 unspecified atom stereocenters. The van der Waals surface area contributed by atoms with E-state index in [1.54, 1.807) is 38.4 Å². The lowest BCUT2D eigenvalue weighted by Crippen LogP contribution is -2.15. The van der Waals surface area contributed by atoms with Crippen LogP contribution in [0.4, 0.5) is 15.9 Å². The van der Waals surface area contributed by atoms with E-state index in [9.17, 15) is 9.18 Å². The van der Waals surface area contributed by atoms with Gasteiger partial charge in [0.05, 0.1) is 10.0 Å². The van der Waals surface area contributed by atoms with Crippen LogP contribution in [0.5, 0.6) is 0 Å². The van der Waals surface area contributed by atoms with E-state index in [0.29, 0.717) is 21.5 Å². The number of pyridine rings is 1. The predicted octanol–water partition coefficient (Wildman–Crippen LogP) is 3.59. The molecule has 0 bridgehead atoms. The molecule has 0 aliphatic carbocycles. The van der Waals surface area contributed by atoms with Gasteiger partial charge in [-0.05, 0) is 52.7 Å². The number of amides is 1. The quantitative estimate of drug-likeness (QED) is 0.899. The molecular formula is C14H13BrFN3O. The van der Waals surface area contributed by atoms with Crippen LogP contribution in [0.2, 0.25) is 0 Å². The molecular weight excluding hydrogens is 325 g/mol. The maximum Gasteiger partial charge on any atom is 0.259 e. The summed E-state index contributed by atoms with van der Waals surface area (Å²) in [5.41, 5.74) is 1.60. The molecule has 0 saturated heterocycles. The summed E-state index contributed by atoms with van der Waals surface area (Å²) >= 11 is 3.11. The molecule has 0 fully saturated rings. The number of hydrogen-bond donors (Lipinski definition) is 2. The molecule has 2 aromatic rings. The molecule has 4 nitrogen and oxygen atoms in total. The van der Waals surface area contributed by atoms with Crippen molar-refractivity contribution in [3.05, 3.63) is 51.9 Å². The lowest BCUT2D eigenvalue weighted by atomic mass is 10.1. The van der Waals surface area contributed by atoms with Gasteiger partial charge in [0.2, 0.25) is 0 Å². The molecule has 6 heteroatoms. The molecule has 0 aliphatic rings. The highest BCUT2D eigenvalue weighted by atomic mass is 79.9. The highest BCUT2D eigenvalue weighted by Gasteiger charge is 2.13. The fourth-order valence-electron chi connectivity index (χ4n) is 1.76. The Morgan fingerprint density at radius 3 is 2.85 bits per heavy atom. The van der Waals surface area contributed by atoms with Crippen LogP contribution in [0.1, 0.15) is 15.9 Å². The molecule has 0 saturated carbocycles. The minimum absolute atomic E-state index is 0.340. The molecule has 1 heterocycles. The van der Waals surface area contributed by atoms with Crippen molar-refractivity contribution in [1.82, 2.24) is 4.98 Å². The Balaban J connectivity index is 2.30. The van der Waals surface area contributed by atoms with Crippen LogP contribution >= 0.6 is 15.9 Å². The molecule has 2 rings (SSSR count). The molecule has 20 heavy (non-hydrogen) atoms. The summed E-state index contributed by atoms with van der Waals surface area (Å²) in [6.45, 7) is 1.79. The van der Waals surface area contributed by atoms with Gasteiger partial charge in [-0.1, -0.05) is 0 Å². The van der Waals surface area contributed by atoms with Gasteiger partial charge >= 0.3 is 0 Å². The minimum atomic E-state index is -0.425. The third kappa shape index (κ3) is 2.96. The Bertz CT molecular complexity index is 661. The summed E-state index contributed by atoms with van der Waals surface area (Å²) < 4.78 is 13.9. The SMILES string of the molecule is CNc1ncccc1C(=O)Nc1cc(F)c(Br)cc1C. The normalized spacial score (nSPS) is 10.2.